The van der Waals surface area contributed by atoms with Crippen LogP contribution in [0.5, 0.6) is 0 Å². The molecule has 0 radical (unpaired) electrons. The third-order valence-corrected chi connectivity index (χ3v) is 5.05. The number of urea groups is 1. The lowest BCUT2D eigenvalue weighted by Gasteiger charge is -2.33. The number of hydrazine groups is 1. The Balaban J connectivity index is 2.14. The van der Waals surface area contributed by atoms with E-state index in [9.17, 15) is 14.4 Å². The largest absolute Gasteiger partial charge is 0.444 e. The molecular formula is C20H33N5O5. The number of hydrogen-bond donors (Lipinski definition) is 2. The van der Waals surface area contributed by atoms with Crippen LogP contribution < -0.4 is 10.6 Å². The first-order chi connectivity index (χ1) is 13.9. The third kappa shape index (κ3) is 5.64. The van der Waals surface area contributed by atoms with Crippen molar-refractivity contribution in [1.29, 1.82) is 0 Å². The number of ether oxygens (including phenoxy) is 1. The van der Waals surface area contributed by atoms with Crippen LogP contribution in [0.3, 0.4) is 0 Å². The number of anilines is 1. The van der Waals surface area contributed by atoms with Crippen molar-refractivity contribution >= 4 is 23.9 Å². The number of amides is 4. The Bertz CT molecular complexity index is 785. The predicted molar refractivity (Wildman–Crippen MR) is 111 cm³/mol. The summed E-state index contributed by atoms with van der Waals surface area (Å²) in [4.78, 5) is 38.4. The van der Waals surface area contributed by atoms with Crippen molar-refractivity contribution in [2.24, 2.45) is 5.92 Å². The molecule has 1 aromatic rings. The van der Waals surface area contributed by atoms with Crippen molar-refractivity contribution in [2.75, 3.05) is 18.4 Å². The Kier molecular flexibility index (Phi) is 7.33. The number of rotatable bonds is 5. The Morgan fingerprint density at radius 2 is 1.83 bits per heavy atom. The van der Waals surface area contributed by atoms with Gasteiger partial charge in [0.05, 0.1) is 5.69 Å². The summed E-state index contributed by atoms with van der Waals surface area (Å²) in [6.07, 6.45) is 0.639. The van der Waals surface area contributed by atoms with E-state index in [1.807, 2.05) is 13.8 Å². The maximum atomic E-state index is 13.3. The number of nitrogens with zero attached hydrogens (tertiary/aromatic N) is 3. The lowest BCUT2D eigenvalue weighted by atomic mass is 9.98. The monoisotopic (exact) mass is 423 g/mol. The topological polar surface area (TPSA) is 117 Å². The van der Waals surface area contributed by atoms with Gasteiger partial charge >= 0.3 is 12.1 Å². The van der Waals surface area contributed by atoms with Crippen LogP contribution in [-0.4, -0.2) is 57.9 Å². The SMILES string of the molecule is CCC(C)C(NC(=O)OC(C)(C)C)C(=O)N1CCCN1C(=O)Nc1onc(C)c1C. The van der Waals surface area contributed by atoms with Gasteiger partial charge in [-0.3, -0.25) is 10.1 Å². The molecule has 2 atom stereocenters. The van der Waals surface area contributed by atoms with E-state index < -0.39 is 23.8 Å². The van der Waals surface area contributed by atoms with Gasteiger partial charge in [-0.25, -0.2) is 19.6 Å². The van der Waals surface area contributed by atoms with E-state index in [-0.39, 0.29) is 17.7 Å². The summed E-state index contributed by atoms with van der Waals surface area (Å²) < 4.78 is 10.4. The Morgan fingerprint density at radius 1 is 1.20 bits per heavy atom. The molecule has 168 valence electrons. The minimum atomic E-state index is -0.812. The minimum absolute atomic E-state index is 0.144. The second-order valence-corrected chi connectivity index (χ2v) is 8.60. The van der Waals surface area contributed by atoms with Crippen molar-refractivity contribution in [2.45, 2.75) is 73.0 Å². The molecule has 0 aromatic carbocycles. The molecule has 1 aliphatic heterocycles. The fourth-order valence-electron chi connectivity index (χ4n) is 3.02. The van der Waals surface area contributed by atoms with Gasteiger partial charge in [-0.2, -0.15) is 0 Å². The first kappa shape index (κ1) is 23.5. The molecule has 2 unspecified atom stereocenters. The molecule has 30 heavy (non-hydrogen) atoms. The fourth-order valence-corrected chi connectivity index (χ4v) is 3.02. The molecular weight excluding hydrogens is 390 g/mol. The van der Waals surface area contributed by atoms with Crippen LogP contribution in [0.1, 0.15) is 58.7 Å². The zero-order valence-corrected chi connectivity index (χ0v) is 18.9. The highest BCUT2D eigenvalue weighted by Gasteiger charge is 2.38. The maximum Gasteiger partial charge on any atom is 0.408 e. The minimum Gasteiger partial charge on any atom is -0.444 e. The van der Waals surface area contributed by atoms with E-state index >= 15 is 0 Å². The number of aryl methyl sites for hydroxylation is 1. The molecule has 1 saturated heterocycles. The summed E-state index contributed by atoms with van der Waals surface area (Å²) >= 11 is 0. The zero-order chi connectivity index (χ0) is 22.6. The van der Waals surface area contributed by atoms with Gasteiger partial charge in [0.2, 0.25) is 5.88 Å². The molecule has 0 bridgehead atoms. The third-order valence-electron chi connectivity index (χ3n) is 5.05. The molecule has 0 saturated carbocycles. The van der Waals surface area contributed by atoms with Crippen molar-refractivity contribution in [1.82, 2.24) is 20.5 Å². The first-order valence-electron chi connectivity index (χ1n) is 10.3. The molecule has 2 N–H and O–H groups in total. The maximum absolute atomic E-state index is 13.3. The van der Waals surface area contributed by atoms with Gasteiger partial charge in [-0.1, -0.05) is 25.4 Å². The van der Waals surface area contributed by atoms with E-state index in [0.717, 1.165) is 5.56 Å². The van der Waals surface area contributed by atoms with Crippen LogP contribution in [0.25, 0.3) is 0 Å². The number of nitrogens with one attached hydrogen (secondary N) is 2. The van der Waals surface area contributed by atoms with Crippen LogP contribution in [0.2, 0.25) is 0 Å². The van der Waals surface area contributed by atoms with Crippen LogP contribution in [-0.2, 0) is 9.53 Å². The summed E-state index contributed by atoms with van der Waals surface area (Å²) in [6, 6.07) is -1.30. The molecule has 4 amide bonds. The summed E-state index contributed by atoms with van der Waals surface area (Å²) in [6.45, 7) is 13.4. The zero-order valence-electron chi connectivity index (χ0n) is 18.9. The molecule has 10 heteroatoms. The Hall–Kier alpha value is -2.78. The predicted octanol–water partition coefficient (Wildman–Crippen LogP) is 3.21. The van der Waals surface area contributed by atoms with E-state index in [1.54, 1.807) is 34.6 Å². The molecule has 10 nitrogen and oxygen atoms in total. The first-order valence-corrected chi connectivity index (χ1v) is 10.3. The normalized spacial score (nSPS) is 16.2. The lowest BCUT2D eigenvalue weighted by molar-refractivity contribution is -0.143. The van der Waals surface area contributed by atoms with E-state index in [1.165, 1.54) is 10.0 Å². The molecule has 0 aliphatic carbocycles. The van der Waals surface area contributed by atoms with Crippen LogP contribution in [0.4, 0.5) is 15.5 Å². The highest BCUT2D eigenvalue weighted by molar-refractivity contribution is 5.92. The van der Waals surface area contributed by atoms with Crippen LogP contribution >= 0.6 is 0 Å². The van der Waals surface area contributed by atoms with Gasteiger partial charge in [0.15, 0.2) is 0 Å². The number of hydrogen-bond acceptors (Lipinski definition) is 6. The second-order valence-electron chi connectivity index (χ2n) is 8.60. The number of carbonyl (C=O) groups is 3. The summed E-state index contributed by atoms with van der Waals surface area (Å²) in [5.74, 6) is -0.245. The van der Waals surface area contributed by atoms with Crippen molar-refractivity contribution in [3.63, 3.8) is 0 Å². The summed E-state index contributed by atoms with van der Waals surface area (Å²) in [5.41, 5.74) is 0.724. The average Bonchev–Trinajstić information content (AvgIpc) is 3.26. The van der Waals surface area contributed by atoms with E-state index in [0.29, 0.717) is 31.6 Å². The van der Waals surface area contributed by atoms with Crippen molar-refractivity contribution in [3.05, 3.63) is 11.3 Å². The van der Waals surface area contributed by atoms with Gasteiger partial charge in [0, 0.05) is 18.7 Å². The van der Waals surface area contributed by atoms with E-state index in [4.69, 9.17) is 9.26 Å². The summed E-state index contributed by atoms with van der Waals surface area (Å²) in [7, 11) is 0. The highest BCUT2D eigenvalue weighted by atomic mass is 16.6. The molecule has 1 fully saturated rings. The van der Waals surface area contributed by atoms with Gasteiger partial charge < -0.3 is 14.6 Å². The standard InChI is InChI=1S/C20H33N5O5/c1-8-12(2)15(21-19(28)29-20(5,6)7)17(26)24-10-9-11-25(24)18(27)22-16-13(3)14(4)23-30-16/h12,15H,8-11H2,1-7H3,(H,21,28)(H,22,27). The van der Waals surface area contributed by atoms with Crippen LogP contribution in [0, 0.1) is 19.8 Å². The fraction of sp³-hybridized carbons (Fsp3) is 0.700. The quantitative estimate of drug-likeness (QED) is 0.751. The molecule has 1 aromatic heterocycles. The molecule has 2 rings (SSSR count). The highest BCUT2D eigenvalue weighted by Crippen LogP contribution is 2.21. The van der Waals surface area contributed by atoms with E-state index in [2.05, 4.69) is 15.8 Å². The van der Waals surface area contributed by atoms with Crippen molar-refractivity contribution < 1.29 is 23.6 Å². The average molecular weight is 424 g/mol. The molecule has 0 spiro atoms. The van der Waals surface area contributed by atoms with Crippen LogP contribution in [0.15, 0.2) is 4.52 Å². The molecule has 2 heterocycles. The second kappa shape index (κ2) is 9.36. The number of alkyl carbamates (subject to hydrolysis) is 1. The number of carbonyl (C=O) groups excluding carboxylic acids is 3. The van der Waals surface area contributed by atoms with Crippen molar-refractivity contribution in [3.8, 4) is 0 Å². The molecule has 1 aliphatic rings. The Morgan fingerprint density at radius 3 is 2.37 bits per heavy atom. The van der Waals surface area contributed by atoms with Gasteiger partial charge in [-0.05, 0) is 47.0 Å². The number of aromatic nitrogens is 1. The van der Waals surface area contributed by atoms with Gasteiger partial charge in [0.1, 0.15) is 11.6 Å². The van der Waals surface area contributed by atoms with Gasteiger partial charge in [0.25, 0.3) is 5.91 Å². The lowest BCUT2D eigenvalue weighted by Crippen LogP contribution is -2.56. The van der Waals surface area contributed by atoms with Gasteiger partial charge in [-0.15, -0.1) is 0 Å². The summed E-state index contributed by atoms with van der Waals surface area (Å²) in [5, 5.41) is 11.9. The Labute approximate surface area is 177 Å². The smallest absolute Gasteiger partial charge is 0.408 e.